The Labute approximate surface area is 96.6 Å². The van der Waals surface area contributed by atoms with E-state index in [9.17, 15) is 5.26 Å². The second-order valence-corrected chi connectivity index (χ2v) is 4.26. The van der Waals surface area contributed by atoms with Gasteiger partial charge in [-0.05, 0) is 17.6 Å². The van der Waals surface area contributed by atoms with Gasteiger partial charge in [-0.1, -0.05) is 43.8 Å². The van der Waals surface area contributed by atoms with E-state index in [0.717, 1.165) is 18.5 Å². The Hall–Kier alpha value is -1.59. The third kappa shape index (κ3) is 1.45. The summed E-state index contributed by atoms with van der Waals surface area (Å²) in [5.41, 5.74) is 1.73. The van der Waals surface area contributed by atoms with E-state index in [4.69, 9.17) is 0 Å². The van der Waals surface area contributed by atoms with Gasteiger partial charge in [0.15, 0.2) is 0 Å². The van der Waals surface area contributed by atoms with Crippen molar-refractivity contribution < 1.29 is 0 Å². The largest absolute Gasteiger partial charge is 0.304 e. The number of benzene rings is 1. The SMILES string of the molecule is C=C1CN[C@@H](c2ccccc2)[C@]1(C#N)CC. The van der Waals surface area contributed by atoms with Crippen LogP contribution in [0.15, 0.2) is 42.5 Å². The van der Waals surface area contributed by atoms with Crippen LogP contribution in [-0.4, -0.2) is 6.54 Å². The van der Waals surface area contributed by atoms with Gasteiger partial charge >= 0.3 is 0 Å². The molecular formula is C14H16N2. The summed E-state index contributed by atoms with van der Waals surface area (Å²) >= 11 is 0. The Morgan fingerprint density at radius 2 is 2.19 bits per heavy atom. The minimum atomic E-state index is -0.443. The van der Waals surface area contributed by atoms with Gasteiger partial charge in [0.2, 0.25) is 0 Å². The second kappa shape index (κ2) is 4.11. The van der Waals surface area contributed by atoms with Crippen molar-refractivity contribution in [3.63, 3.8) is 0 Å². The molecule has 1 heterocycles. The number of nitrogens with zero attached hydrogens (tertiary/aromatic N) is 1. The predicted molar refractivity (Wildman–Crippen MR) is 64.7 cm³/mol. The monoisotopic (exact) mass is 212 g/mol. The van der Waals surface area contributed by atoms with E-state index in [1.807, 2.05) is 18.2 Å². The van der Waals surface area contributed by atoms with Crippen molar-refractivity contribution in [1.82, 2.24) is 5.32 Å². The van der Waals surface area contributed by atoms with E-state index < -0.39 is 5.41 Å². The van der Waals surface area contributed by atoms with Crippen LogP contribution in [-0.2, 0) is 0 Å². The zero-order valence-electron chi connectivity index (χ0n) is 9.53. The van der Waals surface area contributed by atoms with Crippen molar-refractivity contribution in [2.75, 3.05) is 6.54 Å². The van der Waals surface area contributed by atoms with Crippen LogP contribution in [0.25, 0.3) is 0 Å². The molecule has 0 radical (unpaired) electrons. The van der Waals surface area contributed by atoms with Gasteiger partial charge in [-0.3, -0.25) is 0 Å². The van der Waals surface area contributed by atoms with Crippen LogP contribution in [0.4, 0.5) is 0 Å². The molecule has 0 amide bonds. The molecule has 1 aliphatic rings. The molecule has 2 atom stereocenters. The van der Waals surface area contributed by atoms with Gasteiger partial charge in [0.05, 0.1) is 17.5 Å². The van der Waals surface area contributed by atoms with Gasteiger partial charge < -0.3 is 5.32 Å². The number of hydrogen-bond donors (Lipinski definition) is 1. The maximum absolute atomic E-state index is 9.47. The van der Waals surface area contributed by atoms with Gasteiger partial charge in [-0.2, -0.15) is 5.26 Å². The van der Waals surface area contributed by atoms with E-state index in [1.165, 1.54) is 5.56 Å². The molecule has 1 aliphatic heterocycles. The van der Waals surface area contributed by atoms with Gasteiger partial charge in [-0.15, -0.1) is 0 Å². The van der Waals surface area contributed by atoms with Crippen LogP contribution >= 0.6 is 0 Å². The first-order valence-electron chi connectivity index (χ1n) is 5.62. The number of rotatable bonds is 2. The van der Waals surface area contributed by atoms with Crippen molar-refractivity contribution in [2.45, 2.75) is 19.4 Å². The summed E-state index contributed by atoms with van der Waals surface area (Å²) in [6.07, 6.45) is 0.800. The van der Waals surface area contributed by atoms with Crippen LogP contribution in [0.3, 0.4) is 0 Å². The highest BCUT2D eigenvalue weighted by molar-refractivity contribution is 5.37. The topological polar surface area (TPSA) is 35.8 Å². The van der Waals surface area contributed by atoms with E-state index in [2.05, 4.69) is 37.0 Å². The number of nitriles is 1. The second-order valence-electron chi connectivity index (χ2n) is 4.26. The van der Waals surface area contributed by atoms with Crippen molar-refractivity contribution >= 4 is 0 Å². The number of hydrogen-bond acceptors (Lipinski definition) is 2. The lowest BCUT2D eigenvalue weighted by Crippen LogP contribution is -2.27. The van der Waals surface area contributed by atoms with Crippen LogP contribution in [0.5, 0.6) is 0 Å². The first kappa shape index (κ1) is 10.9. The summed E-state index contributed by atoms with van der Waals surface area (Å²) in [6, 6.07) is 12.7. The Bertz CT molecular complexity index is 430. The predicted octanol–water partition coefficient (Wildman–Crippen LogP) is 2.81. The van der Waals surface area contributed by atoms with E-state index in [0.29, 0.717) is 0 Å². The van der Waals surface area contributed by atoms with Crippen LogP contribution in [0, 0.1) is 16.7 Å². The summed E-state index contributed by atoms with van der Waals surface area (Å²) in [6.45, 7) is 6.83. The van der Waals surface area contributed by atoms with Gasteiger partial charge in [0.1, 0.15) is 0 Å². The highest BCUT2D eigenvalue weighted by atomic mass is 15.0. The minimum Gasteiger partial charge on any atom is -0.304 e. The molecule has 1 fully saturated rings. The molecule has 0 bridgehead atoms. The molecule has 0 spiro atoms. The van der Waals surface area contributed by atoms with Crippen LogP contribution < -0.4 is 5.32 Å². The Morgan fingerprint density at radius 3 is 2.75 bits per heavy atom. The lowest BCUT2D eigenvalue weighted by atomic mass is 9.74. The molecule has 0 saturated carbocycles. The average Bonchev–Trinajstić information content (AvgIpc) is 2.68. The van der Waals surface area contributed by atoms with Gasteiger partial charge in [0.25, 0.3) is 0 Å². The molecule has 0 aliphatic carbocycles. The fourth-order valence-corrected chi connectivity index (χ4v) is 2.49. The highest BCUT2D eigenvalue weighted by Gasteiger charge is 2.45. The van der Waals surface area contributed by atoms with Crippen molar-refractivity contribution in [2.24, 2.45) is 5.41 Å². The Balaban J connectivity index is 2.43. The number of nitrogens with one attached hydrogen (secondary N) is 1. The first-order valence-corrected chi connectivity index (χ1v) is 5.62. The van der Waals surface area contributed by atoms with E-state index in [1.54, 1.807) is 0 Å². The molecule has 2 heteroatoms. The standard InChI is InChI=1S/C14H16N2/c1-3-14(10-15)11(2)9-16-13(14)12-7-5-4-6-8-12/h4-8,13,16H,2-3,9H2,1H3/t13-,14-/m0/s1. The normalized spacial score (nSPS) is 29.0. The Morgan fingerprint density at radius 1 is 1.50 bits per heavy atom. The van der Waals surface area contributed by atoms with Crippen molar-refractivity contribution in [3.05, 3.63) is 48.0 Å². The molecule has 1 saturated heterocycles. The third-order valence-electron chi connectivity index (χ3n) is 3.53. The van der Waals surface area contributed by atoms with Gasteiger partial charge in [-0.25, -0.2) is 0 Å². The fraction of sp³-hybridized carbons (Fsp3) is 0.357. The zero-order chi connectivity index (χ0) is 11.6. The van der Waals surface area contributed by atoms with Crippen LogP contribution in [0.1, 0.15) is 24.9 Å². The molecule has 2 rings (SSSR count). The third-order valence-corrected chi connectivity index (χ3v) is 3.53. The molecule has 1 aromatic rings. The summed E-state index contributed by atoms with van der Waals surface area (Å²) in [5.74, 6) is 0. The smallest absolute Gasteiger partial charge is 0.0983 e. The van der Waals surface area contributed by atoms with Crippen molar-refractivity contribution in [3.8, 4) is 6.07 Å². The van der Waals surface area contributed by atoms with E-state index in [-0.39, 0.29) is 6.04 Å². The maximum atomic E-state index is 9.47. The zero-order valence-corrected chi connectivity index (χ0v) is 9.53. The molecule has 1 N–H and O–H groups in total. The van der Waals surface area contributed by atoms with Crippen LogP contribution in [0.2, 0.25) is 0 Å². The molecule has 82 valence electrons. The molecule has 0 unspecified atom stereocenters. The minimum absolute atomic E-state index is 0.0798. The average molecular weight is 212 g/mol. The van der Waals surface area contributed by atoms with Crippen molar-refractivity contribution in [1.29, 1.82) is 5.26 Å². The molecule has 16 heavy (non-hydrogen) atoms. The van der Waals surface area contributed by atoms with Gasteiger partial charge in [0, 0.05) is 6.54 Å². The molecule has 2 nitrogen and oxygen atoms in total. The Kier molecular flexibility index (Phi) is 2.80. The molecule has 0 aromatic heterocycles. The lowest BCUT2D eigenvalue weighted by Gasteiger charge is -2.28. The molecule has 1 aromatic carbocycles. The quantitative estimate of drug-likeness (QED) is 0.765. The molecular weight excluding hydrogens is 196 g/mol. The van der Waals surface area contributed by atoms with E-state index >= 15 is 0 Å². The fourth-order valence-electron chi connectivity index (χ4n) is 2.49. The maximum Gasteiger partial charge on any atom is 0.0983 e. The lowest BCUT2D eigenvalue weighted by molar-refractivity contribution is 0.383. The summed E-state index contributed by atoms with van der Waals surface area (Å²) in [7, 11) is 0. The summed E-state index contributed by atoms with van der Waals surface area (Å²) in [5, 5.41) is 12.9. The summed E-state index contributed by atoms with van der Waals surface area (Å²) in [4.78, 5) is 0. The first-order chi connectivity index (χ1) is 7.74. The summed E-state index contributed by atoms with van der Waals surface area (Å²) < 4.78 is 0. The highest BCUT2D eigenvalue weighted by Crippen LogP contribution is 2.46.